The smallest absolute Gasteiger partial charge is 0.324 e. The fourth-order valence-corrected chi connectivity index (χ4v) is 6.94. The van der Waals surface area contributed by atoms with E-state index in [2.05, 4.69) is 48.9 Å². The summed E-state index contributed by atoms with van der Waals surface area (Å²) in [5.41, 5.74) is 5.30. The van der Waals surface area contributed by atoms with E-state index in [1.165, 1.54) is 5.56 Å². The summed E-state index contributed by atoms with van der Waals surface area (Å²) in [6.45, 7) is 8.35. The molecular weight excluding hydrogens is 604 g/mol. The van der Waals surface area contributed by atoms with E-state index in [0.717, 1.165) is 49.0 Å². The molecule has 0 spiro atoms. The van der Waals surface area contributed by atoms with Crippen LogP contribution in [-0.4, -0.2) is 53.0 Å². The lowest BCUT2D eigenvalue weighted by atomic mass is 9.86. The van der Waals surface area contributed by atoms with Crippen LogP contribution in [0.25, 0.3) is 5.69 Å². The number of aromatic nitrogens is 2. The molecule has 2 unspecified atom stereocenters. The quantitative estimate of drug-likeness (QED) is 0.178. The van der Waals surface area contributed by atoms with Crippen LogP contribution in [0.4, 0.5) is 26.8 Å². The van der Waals surface area contributed by atoms with E-state index in [0.29, 0.717) is 34.6 Å². The number of benzene rings is 3. The molecule has 6 rings (SSSR count). The van der Waals surface area contributed by atoms with Gasteiger partial charge >= 0.3 is 12.1 Å². The second-order valence-electron chi connectivity index (χ2n) is 14.0. The van der Waals surface area contributed by atoms with Crippen LogP contribution in [0.1, 0.15) is 63.3 Å². The minimum atomic E-state index is -0.328. The molecule has 252 valence electrons. The highest BCUT2D eigenvalue weighted by molar-refractivity contribution is 5.99. The predicted molar refractivity (Wildman–Crippen MR) is 190 cm³/mol. The fraction of sp³-hybridized carbons (Fsp3) is 0.395. The molecule has 0 aliphatic carbocycles. The molecule has 2 atom stereocenters. The molecule has 2 fully saturated rings. The Bertz CT molecular complexity index is 1750. The summed E-state index contributed by atoms with van der Waals surface area (Å²) in [5.74, 6) is 2.36. The van der Waals surface area contributed by atoms with Crippen LogP contribution in [0, 0.1) is 12.8 Å². The molecule has 0 saturated carbocycles. The lowest BCUT2D eigenvalue weighted by molar-refractivity contribution is 0.131. The summed E-state index contributed by atoms with van der Waals surface area (Å²) >= 11 is 0. The Morgan fingerprint density at radius 3 is 2.17 bits per heavy atom. The van der Waals surface area contributed by atoms with Crippen LogP contribution >= 0.6 is 0 Å². The van der Waals surface area contributed by atoms with Gasteiger partial charge in [-0.3, -0.25) is 5.32 Å². The molecule has 3 N–H and O–H groups in total. The number of amides is 4. The summed E-state index contributed by atoms with van der Waals surface area (Å²) in [6.07, 6.45) is 4.90. The third-order valence-electron chi connectivity index (χ3n) is 9.45. The topological polar surface area (TPSA) is 110 Å². The molecule has 3 aromatic carbocycles. The maximum atomic E-state index is 13.4. The number of nitrogens with zero attached hydrogens (tertiary/aromatic N) is 3. The van der Waals surface area contributed by atoms with Crippen molar-refractivity contribution in [1.29, 1.82) is 0 Å². The summed E-state index contributed by atoms with van der Waals surface area (Å²) in [7, 11) is 3.20. The zero-order chi connectivity index (χ0) is 34.0. The number of carbonyl (C=O) groups excluding carboxylic acids is 2. The van der Waals surface area contributed by atoms with Crippen LogP contribution in [-0.2, 0) is 11.8 Å². The molecule has 4 aromatic rings. The largest absolute Gasteiger partial charge is 0.497 e. The minimum Gasteiger partial charge on any atom is -0.497 e. The monoisotopic (exact) mass is 650 g/mol. The highest BCUT2D eigenvalue weighted by atomic mass is 16.5. The number of anilines is 3. The molecule has 48 heavy (non-hydrogen) atoms. The lowest BCUT2D eigenvalue weighted by Gasteiger charge is -2.39. The first-order valence-corrected chi connectivity index (χ1v) is 16.7. The van der Waals surface area contributed by atoms with Gasteiger partial charge in [-0.2, -0.15) is 5.10 Å². The molecule has 2 saturated heterocycles. The third kappa shape index (κ3) is 7.27. The molecule has 2 bridgehead atoms. The van der Waals surface area contributed by atoms with E-state index in [1.54, 1.807) is 31.0 Å². The number of ether oxygens (including phenoxy) is 2. The molecule has 10 heteroatoms. The average Bonchev–Trinajstić information content (AvgIpc) is 3.60. The van der Waals surface area contributed by atoms with Gasteiger partial charge in [0, 0.05) is 35.3 Å². The third-order valence-corrected chi connectivity index (χ3v) is 9.45. The maximum absolute atomic E-state index is 13.4. The van der Waals surface area contributed by atoms with Gasteiger partial charge in [0.2, 0.25) is 0 Å². The number of rotatable bonds is 8. The number of carbonyl (C=O) groups is 2. The van der Waals surface area contributed by atoms with E-state index < -0.39 is 0 Å². The minimum absolute atomic E-state index is 0.0854. The van der Waals surface area contributed by atoms with Gasteiger partial charge in [-0.1, -0.05) is 50.6 Å². The molecular formula is C38H46N6O4. The zero-order valence-corrected chi connectivity index (χ0v) is 28.7. The van der Waals surface area contributed by atoms with Gasteiger partial charge in [-0.05, 0) is 86.9 Å². The van der Waals surface area contributed by atoms with Gasteiger partial charge in [0.25, 0.3) is 0 Å². The summed E-state index contributed by atoms with van der Waals surface area (Å²) in [4.78, 5) is 28.6. The Morgan fingerprint density at radius 1 is 0.854 bits per heavy atom. The fourth-order valence-electron chi connectivity index (χ4n) is 6.94. The molecule has 2 aliphatic heterocycles. The highest BCUT2D eigenvalue weighted by Crippen LogP contribution is 2.41. The normalized spacial score (nSPS) is 18.7. The van der Waals surface area contributed by atoms with Gasteiger partial charge in [-0.25, -0.2) is 14.3 Å². The van der Waals surface area contributed by atoms with Gasteiger partial charge in [0.05, 0.1) is 31.3 Å². The van der Waals surface area contributed by atoms with Gasteiger partial charge in [0.1, 0.15) is 17.3 Å². The molecule has 4 amide bonds. The number of fused-ring (bicyclic) bond motifs is 2. The van der Waals surface area contributed by atoms with Crippen LogP contribution in [0.15, 0.2) is 72.8 Å². The van der Waals surface area contributed by atoms with Gasteiger partial charge in [-0.15, -0.1) is 0 Å². The molecule has 0 radical (unpaired) electrons. The van der Waals surface area contributed by atoms with Crippen molar-refractivity contribution in [3.63, 3.8) is 0 Å². The summed E-state index contributed by atoms with van der Waals surface area (Å²) in [5, 5.41) is 13.9. The Balaban J connectivity index is 1.05. The van der Waals surface area contributed by atoms with Gasteiger partial charge in [0.15, 0.2) is 0 Å². The first-order chi connectivity index (χ1) is 23.0. The SMILES string of the molecule is COc1ccc(OC)c(NC(=O)N2C3CCC2CC(Cc2ccc(NC(=O)Nc4cc(C(C)(C)C)nn4-c4ccc(C)cc4)cc2)C3)c1. The first-order valence-electron chi connectivity index (χ1n) is 16.7. The van der Waals surface area contributed by atoms with E-state index in [9.17, 15) is 9.59 Å². The number of aryl methyl sites for hydroxylation is 1. The van der Waals surface area contributed by atoms with E-state index >= 15 is 0 Å². The van der Waals surface area contributed by atoms with Crippen LogP contribution in [0.5, 0.6) is 11.5 Å². The van der Waals surface area contributed by atoms with Gasteiger partial charge < -0.3 is 25.0 Å². The number of nitrogens with one attached hydrogen (secondary N) is 3. The van der Waals surface area contributed by atoms with Crippen molar-refractivity contribution >= 4 is 29.3 Å². The Labute approximate surface area is 282 Å². The predicted octanol–water partition coefficient (Wildman–Crippen LogP) is 8.16. The number of urea groups is 2. The number of methoxy groups -OCH3 is 2. The molecule has 1 aromatic heterocycles. The number of hydrogen-bond acceptors (Lipinski definition) is 5. The number of piperidine rings is 1. The van der Waals surface area contributed by atoms with Crippen LogP contribution in [0.3, 0.4) is 0 Å². The Morgan fingerprint density at radius 2 is 1.54 bits per heavy atom. The van der Waals surface area contributed by atoms with Crippen molar-refractivity contribution in [2.45, 2.75) is 77.3 Å². The lowest BCUT2D eigenvalue weighted by Crippen LogP contribution is -2.48. The van der Waals surface area contributed by atoms with Crippen molar-refractivity contribution in [1.82, 2.24) is 14.7 Å². The standard InChI is InChI=1S/C38H46N6O4/c1-24-7-13-28(14-8-24)44-35(23-34(42-44)38(2,3)4)41-36(45)39-27-11-9-25(10-12-27)19-26-20-29-15-16-30(21-26)43(29)37(46)40-32-22-31(47-5)17-18-33(32)48-6/h7-14,17-18,22-23,26,29-30H,15-16,19-21H2,1-6H3,(H,40,46)(H2,39,41,45). The maximum Gasteiger partial charge on any atom is 0.324 e. The first kappa shape index (κ1) is 32.9. The second kappa shape index (κ2) is 13.6. The van der Waals surface area contributed by atoms with Crippen molar-refractivity contribution in [3.05, 3.63) is 89.6 Å². The summed E-state index contributed by atoms with van der Waals surface area (Å²) in [6, 6.07) is 23.5. The van der Waals surface area contributed by atoms with E-state index in [-0.39, 0.29) is 29.6 Å². The van der Waals surface area contributed by atoms with Crippen LogP contribution in [0.2, 0.25) is 0 Å². The van der Waals surface area contributed by atoms with Crippen molar-refractivity contribution in [2.24, 2.45) is 5.92 Å². The summed E-state index contributed by atoms with van der Waals surface area (Å²) < 4.78 is 12.6. The van der Waals surface area contributed by atoms with Crippen molar-refractivity contribution < 1.29 is 19.1 Å². The molecule has 3 heterocycles. The van der Waals surface area contributed by atoms with E-state index in [4.69, 9.17) is 14.6 Å². The number of hydrogen-bond donors (Lipinski definition) is 3. The highest BCUT2D eigenvalue weighted by Gasteiger charge is 2.43. The Kier molecular flexibility index (Phi) is 9.35. The second-order valence-corrected chi connectivity index (χ2v) is 14.0. The van der Waals surface area contributed by atoms with Crippen molar-refractivity contribution in [3.8, 4) is 17.2 Å². The average molecular weight is 651 g/mol. The molecule has 2 aliphatic rings. The van der Waals surface area contributed by atoms with E-state index in [1.807, 2.05) is 60.4 Å². The van der Waals surface area contributed by atoms with Crippen molar-refractivity contribution in [2.75, 3.05) is 30.2 Å². The molecule has 10 nitrogen and oxygen atoms in total. The van der Waals surface area contributed by atoms with Crippen LogP contribution < -0.4 is 25.4 Å². The Hall–Kier alpha value is -4.99. The zero-order valence-electron chi connectivity index (χ0n) is 28.7.